The number of fused-ring (bicyclic) bond motifs is 3. The van der Waals surface area contributed by atoms with Crippen LogP contribution >= 0.6 is 11.3 Å². The van der Waals surface area contributed by atoms with Gasteiger partial charge in [-0.05, 0) is 43.4 Å². The molecule has 0 atom stereocenters. The Balaban J connectivity index is 1.70. The van der Waals surface area contributed by atoms with Gasteiger partial charge in [0.05, 0.1) is 15.2 Å². The molecule has 140 valence electrons. The number of nitrogens with one attached hydrogen (secondary N) is 1. The quantitative estimate of drug-likeness (QED) is 0.526. The minimum absolute atomic E-state index is 0.0543. The molecule has 0 unspecified atom stereocenters. The Labute approximate surface area is 158 Å². The molecule has 0 saturated heterocycles. The molecule has 0 saturated carbocycles. The zero-order valence-electron chi connectivity index (χ0n) is 14.1. The molecule has 0 bridgehead atoms. The van der Waals surface area contributed by atoms with Crippen LogP contribution in [-0.4, -0.2) is 23.3 Å². The number of nitrogens with zero attached hydrogens (tertiary/aromatic N) is 2. The third kappa shape index (κ3) is 3.26. The maximum atomic E-state index is 12.6. The van der Waals surface area contributed by atoms with Gasteiger partial charge in [-0.3, -0.25) is 14.9 Å². The maximum absolute atomic E-state index is 12.6. The highest BCUT2D eigenvalue weighted by atomic mass is 32.2. The van der Waals surface area contributed by atoms with Gasteiger partial charge in [0.25, 0.3) is 11.2 Å². The van der Waals surface area contributed by atoms with Crippen LogP contribution in [0, 0.1) is 10.1 Å². The molecule has 1 N–H and O–H groups in total. The number of aromatic amines is 1. The third-order valence-electron chi connectivity index (χ3n) is 4.61. The number of thiophene rings is 1. The monoisotopic (exact) mass is 405 g/mol. The summed E-state index contributed by atoms with van der Waals surface area (Å²) in [5, 5.41) is 11.3. The molecule has 2 heterocycles. The lowest BCUT2D eigenvalue weighted by Crippen LogP contribution is -2.16. The molecule has 2 aromatic heterocycles. The second-order valence-corrected chi connectivity index (χ2v) is 9.49. The van der Waals surface area contributed by atoms with Crippen molar-refractivity contribution >= 4 is 37.1 Å². The summed E-state index contributed by atoms with van der Waals surface area (Å²) < 4.78 is 25.2. The van der Waals surface area contributed by atoms with Gasteiger partial charge in [0, 0.05) is 17.0 Å². The molecule has 0 aliphatic heterocycles. The number of hydrogen-bond donors (Lipinski definition) is 1. The number of non-ortho nitro benzene ring substituents is 1. The molecule has 1 aliphatic carbocycles. The number of H-pyrrole nitrogens is 1. The summed E-state index contributed by atoms with van der Waals surface area (Å²) >= 11 is 1.45. The van der Waals surface area contributed by atoms with Gasteiger partial charge in [-0.1, -0.05) is 0 Å². The van der Waals surface area contributed by atoms with Crippen LogP contribution in [0.3, 0.4) is 0 Å². The Bertz CT molecular complexity index is 1210. The molecule has 0 fully saturated rings. The van der Waals surface area contributed by atoms with Gasteiger partial charge in [0.2, 0.25) is 0 Å². The number of rotatable bonds is 4. The lowest BCUT2D eigenvalue weighted by atomic mass is 9.97. The first-order valence-corrected chi connectivity index (χ1v) is 10.8. The van der Waals surface area contributed by atoms with Crippen molar-refractivity contribution in [2.45, 2.75) is 36.3 Å². The molecular formula is C17H15N3O5S2. The van der Waals surface area contributed by atoms with E-state index in [-0.39, 0.29) is 22.0 Å². The second-order valence-electron chi connectivity index (χ2n) is 6.41. The van der Waals surface area contributed by atoms with Crippen molar-refractivity contribution in [2.24, 2.45) is 0 Å². The van der Waals surface area contributed by atoms with Crippen molar-refractivity contribution in [3.63, 3.8) is 0 Å². The van der Waals surface area contributed by atoms with E-state index in [2.05, 4.69) is 9.97 Å². The van der Waals surface area contributed by atoms with E-state index in [1.54, 1.807) is 0 Å². The fourth-order valence-corrected chi connectivity index (χ4v) is 5.81. The molecule has 0 spiro atoms. The number of sulfone groups is 1. The smallest absolute Gasteiger partial charge is 0.269 e. The summed E-state index contributed by atoms with van der Waals surface area (Å²) in [6.45, 7) is 0. The van der Waals surface area contributed by atoms with Gasteiger partial charge in [-0.2, -0.15) is 0 Å². The van der Waals surface area contributed by atoms with E-state index in [1.807, 2.05) is 0 Å². The fraction of sp³-hybridized carbons (Fsp3) is 0.294. The van der Waals surface area contributed by atoms with Crippen LogP contribution in [0.2, 0.25) is 0 Å². The predicted molar refractivity (Wildman–Crippen MR) is 101 cm³/mol. The summed E-state index contributed by atoms with van der Waals surface area (Å²) in [5.41, 5.74) is 0.541. The van der Waals surface area contributed by atoms with Crippen LogP contribution in [0.4, 0.5) is 5.69 Å². The molecule has 10 heteroatoms. The van der Waals surface area contributed by atoms with Crippen molar-refractivity contribution in [2.75, 3.05) is 0 Å². The second kappa shape index (κ2) is 6.54. The van der Waals surface area contributed by atoms with E-state index in [9.17, 15) is 23.3 Å². The van der Waals surface area contributed by atoms with Crippen molar-refractivity contribution in [3.8, 4) is 0 Å². The molecule has 8 nitrogen and oxygen atoms in total. The summed E-state index contributed by atoms with van der Waals surface area (Å²) in [5.74, 6) is -0.400. The third-order valence-corrected chi connectivity index (χ3v) is 7.44. The van der Waals surface area contributed by atoms with E-state index >= 15 is 0 Å². The average Bonchev–Trinajstić information content (AvgIpc) is 3.00. The molecule has 0 radical (unpaired) electrons. The molecule has 27 heavy (non-hydrogen) atoms. The zero-order valence-corrected chi connectivity index (χ0v) is 15.7. The number of nitro groups is 1. The first-order chi connectivity index (χ1) is 12.8. The summed E-state index contributed by atoms with van der Waals surface area (Å²) in [6, 6.07) is 4.65. The SMILES string of the molecule is O=c1[nH]c(CS(=O)(=O)c2ccc([N+](=O)[O-])cc2)nc2sc3c(c12)CCCC3. The lowest BCUT2D eigenvalue weighted by molar-refractivity contribution is -0.384. The molecule has 1 aliphatic rings. The standard InChI is InChI=1S/C17H15N3O5S2/c21-16-15-12-3-1-2-4-13(12)26-17(15)19-14(18-16)9-27(24,25)11-7-5-10(6-8-11)20(22)23/h5-8H,1-4,9H2,(H,18,19,21). The van der Waals surface area contributed by atoms with Crippen LogP contribution in [0.5, 0.6) is 0 Å². The Morgan fingerprint density at radius 3 is 2.59 bits per heavy atom. The molecule has 1 aromatic carbocycles. The molecule has 3 aromatic rings. The largest absolute Gasteiger partial charge is 0.309 e. The van der Waals surface area contributed by atoms with Crippen LogP contribution in [-0.2, 0) is 28.4 Å². The highest BCUT2D eigenvalue weighted by Gasteiger charge is 2.22. The van der Waals surface area contributed by atoms with Gasteiger partial charge >= 0.3 is 0 Å². The van der Waals surface area contributed by atoms with E-state index < -0.39 is 20.5 Å². The Morgan fingerprint density at radius 1 is 1.19 bits per heavy atom. The fourth-order valence-electron chi connectivity index (χ4n) is 3.32. The topological polar surface area (TPSA) is 123 Å². The molecule has 4 rings (SSSR count). The number of hydrogen-bond acceptors (Lipinski definition) is 7. The van der Waals surface area contributed by atoms with Crippen LogP contribution in [0.25, 0.3) is 10.2 Å². The first kappa shape index (κ1) is 17.8. The van der Waals surface area contributed by atoms with Crippen molar-refractivity contribution in [1.82, 2.24) is 9.97 Å². The van der Waals surface area contributed by atoms with Gasteiger partial charge < -0.3 is 4.98 Å². The number of benzene rings is 1. The normalized spacial score (nSPS) is 14.2. The average molecular weight is 405 g/mol. The Kier molecular flexibility index (Phi) is 4.31. The van der Waals surface area contributed by atoms with Crippen LogP contribution < -0.4 is 5.56 Å². The van der Waals surface area contributed by atoms with Gasteiger partial charge in [-0.15, -0.1) is 11.3 Å². The first-order valence-electron chi connectivity index (χ1n) is 8.36. The zero-order chi connectivity index (χ0) is 19.2. The predicted octanol–water partition coefficient (Wildman–Crippen LogP) is 2.75. The number of aromatic nitrogens is 2. The highest BCUT2D eigenvalue weighted by molar-refractivity contribution is 7.90. The van der Waals surface area contributed by atoms with Crippen molar-refractivity contribution in [3.05, 3.63) is 61.0 Å². The van der Waals surface area contributed by atoms with Crippen LogP contribution in [0.1, 0.15) is 29.1 Å². The number of nitro benzene ring substituents is 1. The van der Waals surface area contributed by atoms with E-state index in [4.69, 9.17) is 0 Å². The van der Waals surface area contributed by atoms with Crippen molar-refractivity contribution in [1.29, 1.82) is 0 Å². The van der Waals surface area contributed by atoms with Gasteiger partial charge in [0.15, 0.2) is 9.84 Å². The molecular weight excluding hydrogens is 390 g/mol. The lowest BCUT2D eigenvalue weighted by Gasteiger charge is -2.09. The molecule has 0 amide bonds. The van der Waals surface area contributed by atoms with Crippen LogP contribution in [0.15, 0.2) is 34.0 Å². The van der Waals surface area contributed by atoms with E-state index in [1.165, 1.54) is 23.5 Å². The maximum Gasteiger partial charge on any atom is 0.269 e. The van der Waals surface area contributed by atoms with Gasteiger partial charge in [-0.25, -0.2) is 13.4 Å². The summed E-state index contributed by atoms with van der Waals surface area (Å²) in [7, 11) is -3.79. The van der Waals surface area contributed by atoms with E-state index in [0.717, 1.165) is 48.3 Å². The highest BCUT2D eigenvalue weighted by Crippen LogP contribution is 2.33. The minimum atomic E-state index is -3.79. The minimum Gasteiger partial charge on any atom is -0.309 e. The Morgan fingerprint density at radius 2 is 1.89 bits per heavy atom. The Hall–Kier alpha value is -2.59. The summed E-state index contributed by atoms with van der Waals surface area (Å²) in [6.07, 6.45) is 3.89. The van der Waals surface area contributed by atoms with Gasteiger partial charge in [0.1, 0.15) is 16.4 Å². The number of aryl methyl sites for hydroxylation is 2. The van der Waals surface area contributed by atoms with Crippen molar-refractivity contribution < 1.29 is 13.3 Å². The summed E-state index contributed by atoms with van der Waals surface area (Å²) in [4.78, 5) is 31.3. The van der Waals surface area contributed by atoms with E-state index in [0.29, 0.717) is 10.2 Å².